The van der Waals surface area contributed by atoms with E-state index in [0.717, 1.165) is 0 Å². The lowest BCUT2D eigenvalue weighted by Gasteiger charge is -2.23. The maximum atomic E-state index is 11.8. The van der Waals surface area contributed by atoms with Crippen LogP contribution in [0.5, 0.6) is 5.75 Å². The van der Waals surface area contributed by atoms with Crippen molar-refractivity contribution in [2.75, 3.05) is 24.7 Å². The molecule has 1 aromatic carbocycles. The van der Waals surface area contributed by atoms with Crippen molar-refractivity contribution in [2.45, 2.75) is 11.9 Å². The molecule has 1 saturated heterocycles. The molecule has 1 aliphatic heterocycles. The van der Waals surface area contributed by atoms with Crippen molar-refractivity contribution in [1.29, 1.82) is 0 Å². The third-order valence-electron chi connectivity index (χ3n) is 2.71. The van der Waals surface area contributed by atoms with E-state index >= 15 is 0 Å². The predicted octanol–water partition coefficient (Wildman–Crippen LogP) is 0.760. The molecule has 1 aromatic rings. The van der Waals surface area contributed by atoms with E-state index in [9.17, 15) is 9.59 Å². The number of hydrogen-bond donors (Lipinski definition) is 3. The van der Waals surface area contributed by atoms with Gasteiger partial charge in [-0.05, 0) is 12.1 Å². The van der Waals surface area contributed by atoms with Crippen molar-refractivity contribution in [3.63, 3.8) is 0 Å². The molecule has 20 heavy (non-hydrogen) atoms. The van der Waals surface area contributed by atoms with Crippen molar-refractivity contribution in [3.8, 4) is 5.75 Å². The fourth-order valence-corrected chi connectivity index (χ4v) is 2.58. The smallest absolute Gasteiger partial charge is 0.234 e. The second-order valence-corrected chi connectivity index (χ2v) is 5.34. The lowest BCUT2D eigenvalue weighted by atomic mass is 10.3. The first-order valence-corrected chi connectivity index (χ1v) is 7.30. The molecule has 0 saturated carbocycles. The highest BCUT2D eigenvalue weighted by Gasteiger charge is 2.18. The molecule has 1 aliphatic rings. The van der Waals surface area contributed by atoms with E-state index in [1.54, 1.807) is 19.2 Å². The summed E-state index contributed by atoms with van der Waals surface area (Å²) in [6.07, 6.45) is 0.479. The number of methoxy groups -OCH3 is 1. The number of benzene rings is 1. The minimum atomic E-state index is -0.202. The van der Waals surface area contributed by atoms with Crippen LogP contribution in [0.2, 0.25) is 0 Å². The molecule has 1 atom stereocenters. The summed E-state index contributed by atoms with van der Waals surface area (Å²) in [6, 6.07) is 7.17. The summed E-state index contributed by atoms with van der Waals surface area (Å²) in [5.41, 5.74) is 0.489. The van der Waals surface area contributed by atoms with E-state index < -0.39 is 0 Å². The van der Waals surface area contributed by atoms with Crippen molar-refractivity contribution >= 4 is 29.3 Å². The molecule has 0 aliphatic carbocycles. The number of thioether (sulfide) groups is 1. The Morgan fingerprint density at radius 2 is 2.40 bits per heavy atom. The SMILES string of the molecule is COc1cccc(NC(=O)CSC2NCCC(=O)N2)c1. The van der Waals surface area contributed by atoms with Crippen LogP contribution in [0, 0.1) is 0 Å². The maximum Gasteiger partial charge on any atom is 0.234 e. The summed E-state index contributed by atoms with van der Waals surface area (Å²) in [5.74, 6) is 0.839. The van der Waals surface area contributed by atoms with Crippen LogP contribution >= 0.6 is 11.8 Å². The Hall–Kier alpha value is -1.73. The number of anilines is 1. The topological polar surface area (TPSA) is 79.5 Å². The molecule has 7 heteroatoms. The van der Waals surface area contributed by atoms with Crippen molar-refractivity contribution < 1.29 is 14.3 Å². The molecule has 2 rings (SSSR count). The Morgan fingerprint density at radius 1 is 1.55 bits per heavy atom. The summed E-state index contributed by atoms with van der Waals surface area (Å²) in [7, 11) is 1.58. The minimum Gasteiger partial charge on any atom is -0.497 e. The zero-order valence-electron chi connectivity index (χ0n) is 11.1. The molecule has 1 heterocycles. The largest absolute Gasteiger partial charge is 0.497 e. The van der Waals surface area contributed by atoms with Gasteiger partial charge >= 0.3 is 0 Å². The number of rotatable bonds is 5. The highest BCUT2D eigenvalue weighted by atomic mass is 32.2. The van der Waals surface area contributed by atoms with E-state index in [-0.39, 0.29) is 23.1 Å². The van der Waals surface area contributed by atoms with Gasteiger partial charge in [0.2, 0.25) is 11.8 Å². The Balaban J connectivity index is 1.78. The van der Waals surface area contributed by atoms with Gasteiger partial charge in [-0.3, -0.25) is 14.9 Å². The van der Waals surface area contributed by atoms with Gasteiger partial charge in [0.1, 0.15) is 11.2 Å². The summed E-state index contributed by atoms with van der Waals surface area (Å²) in [6.45, 7) is 0.640. The van der Waals surface area contributed by atoms with Gasteiger partial charge < -0.3 is 15.4 Å². The first-order chi connectivity index (χ1) is 9.67. The van der Waals surface area contributed by atoms with Gasteiger partial charge in [0.15, 0.2) is 0 Å². The lowest BCUT2D eigenvalue weighted by Crippen LogP contribution is -2.49. The van der Waals surface area contributed by atoms with Gasteiger partial charge in [0.25, 0.3) is 0 Å². The van der Waals surface area contributed by atoms with Crippen LogP contribution in [0.1, 0.15) is 6.42 Å². The first-order valence-electron chi connectivity index (χ1n) is 6.25. The van der Waals surface area contributed by atoms with Gasteiger partial charge in [-0.2, -0.15) is 0 Å². The average molecular weight is 295 g/mol. The number of hydrogen-bond acceptors (Lipinski definition) is 5. The zero-order valence-corrected chi connectivity index (χ0v) is 12.0. The van der Waals surface area contributed by atoms with Crippen LogP contribution in [0.25, 0.3) is 0 Å². The minimum absolute atomic E-state index is 0.00875. The predicted molar refractivity (Wildman–Crippen MR) is 78.6 cm³/mol. The van der Waals surface area contributed by atoms with E-state index in [0.29, 0.717) is 24.4 Å². The quantitative estimate of drug-likeness (QED) is 0.747. The molecule has 1 unspecified atom stereocenters. The van der Waals surface area contributed by atoms with Crippen LogP contribution < -0.4 is 20.7 Å². The molecule has 3 N–H and O–H groups in total. The standard InChI is InChI=1S/C13H17N3O3S/c1-19-10-4-2-3-9(7-10)15-12(18)8-20-13-14-6-5-11(17)16-13/h2-4,7,13-14H,5-6,8H2,1H3,(H,15,18)(H,16,17). The number of carbonyl (C=O) groups is 2. The van der Waals surface area contributed by atoms with Crippen molar-refractivity contribution in [3.05, 3.63) is 24.3 Å². The molecule has 0 spiro atoms. The molecule has 1 fully saturated rings. The highest BCUT2D eigenvalue weighted by molar-refractivity contribution is 8.00. The van der Waals surface area contributed by atoms with Crippen LogP contribution in [0.3, 0.4) is 0 Å². The molecule has 0 radical (unpaired) electrons. The van der Waals surface area contributed by atoms with Gasteiger partial charge in [0, 0.05) is 24.7 Å². The summed E-state index contributed by atoms with van der Waals surface area (Å²) < 4.78 is 5.09. The van der Waals surface area contributed by atoms with Crippen LogP contribution in [0.15, 0.2) is 24.3 Å². The number of amides is 2. The van der Waals surface area contributed by atoms with Crippen LogP contribution in [0.4, 0.5) is 5.69 Å². The van der Waals surface area contributed by atoms with Crippen molar-refractivity contribution in [1.82, 2.24) is 10.6 Å². The Bertz CT molecular complexity index is 496. The third kappa shape index (κ3) is 4.43. The molecule has 6 nitrogen and oxygen atoms in total. The Labute approximate surface area is 121 Å². The third-order valence-corrected chi connectivity index (χ3v) is 3.76. The van der Waals surface area contributed by atoms with Crippen LogP contribution in [-0.2, 0) is 9.59 Å². The summed E-state index contributed by atoms with van der Waals surface area (Å²) in [5, 5.41) is 8.67. The second-order valence-electron chi connectivity index (χ2n) is 4.24. The molecule has 0 aromatic heterocycles. The van der Waals surface area contributed by atoms with Crippen LogP contribution in [-0.4, -0.2) is 36.7 Å². The number of ether oxygens (including phenoxy) is 1. The normalized spacial score (nSPS) is 18.2. The molecular formula is C13H17N3O3S. The van der Waals surface area contributed by atoms with E-state index in [1.165, 1.54) is 11.8 Å². The number of nitrogens with one attached hydrogen (secondary N) is 3. The van der Waals surface area contributed by atoms with Gasteiger partial charge in [-0.15, -0.1) is 11.8 Å². The van der Waals surface area contributed by atoms with Gasteiger partial charge in [-0.1, -0.05) is 6.07 Å². The Morgan fingerprint density at radius 3 is 3.15 bits per heavy atom. The number of carbonyl (C=O) groups excluding carboxylic acids is 2. The molecule has 108 valence electrons. The summed E-state index contributed by atoms with van der Waals surface area (Å²) in [4.78, 5) is 23.0. The molecular weight excluding hydrogens is 278 g/mol. The second kappa shape index (κ2) is 7.16. The maximum absolute atomic E-state index is 11.8. The molecule has 2 amide bonds. The summed E-state index contributed by atoms with van der Waals surface area (Å²) >= 11 is 1.35. The fourth-order valence-electron chi connectivity index (χ4n) is 1.74. The Kier molecular flexibility index (Phi) is 5.25. The zero-order chi connectivity index (χ0) is 14.4. The van der Waals surface area contributed by atoms with Gasteiger partial charge in [0.05, 0.1) is 12.9 Å². The highest BCUT2D eigenvalue weighted by Crippen LogP contribution is 2.17. The van der Waals surface area contributed by atoms with E-state index in [2.05, 4.69) is 16.0 Å². The monoisotopic (exact) mass is 295 g/mol. The van der Waals surface area contributed by atoms with Crippen molar-refractivity contribution in [2.24, 2.45) is 0 Å². The lowest BCUT2D eigenvalue weighted by molar-refractivity contribution is -0.122. The molecule has 0 bridgehead atoms. The first kappa shape index (κ1) is 14.7. The fraction of sp³-hybridized carbons (Fsp3) is 0.385. The van der Waals surface area contributed by atoms with E-state index in [4.69, 9.17) is 4.74 Å². The van der Waals surface area contributed by atoms with Gasteiger partial charge in [-0.25, -0.2) is 0 Å². The average Bonchev–Trinajstić information content (AvgIpc) is 2.45. The van der Waals surface area contributed by atoms with E-state index in [1.807, 2.05) is 12.1 Å².